The SMILES string of the molecule is CC(Cc1ccsc1)NCCc1ccncc1. The van der Waals surface area contributed by atoms with Crippen LogP contribution in [0, 0.1) is 0 Å². The lowest BCUT2D eigenvalue weighted by molar-refractivity contribution is 0.549. The smallest absolute Gasteiger partial charge is 0.0270 e. The van der Waals surface area contributed by atoms with Gasteiger partial charge in [-0.15, -0.1) is 0 Å². The fraction of sp³-hybridized carbons (Fsp3) is 0.357. The summed E-state index contributed by atoms with van der Waals surface area (Å²) >= 11 is 1.77. The van der Waals surface area contributed by atoms with Gasteiger partial charge in [-0.1, -0.05) is 0 Å². The molecule has 2 aromatic rings. The number of hydrogen-bond acceptors (Lipinski definition) is 3. The van der Waals surface area contributed by atoms with E-state index < -0.39 is 0 Å². The van der Waals surface area contributed by atoms with E-state index in [0.29, 0.717) is 6.04 Å². The molecule has 0 bridgehead atoms. The largest absolute Gasteiger partial charge is 0.314 e. The van der Waals surface area contributed by atoms with Gasteiger partial charge >= 0.3 is 0 Å². The standard InChI is InChI=1S/C14H18N2S/c1-12(10-14-5-9-17-11-14)16-8-4-13-2-6-15-7-3-13/h2-3,5-7,9,11-12,16H,4,8,10H2,1H3. The zero-order chi connectivity index (χ0) is 11.9. The van der Waals surface area contributed by atoms with Crippen molar-refractivity contribution in [3.8, 4) is 0 Å². The molecule has 2 nitrogen and oxygen atoms in total. The van der Waals surface area contributed by atoms with Crippen LogP contribution in [0.2, 0.25) is 0 Å². The summed E-state index contributed by atoms with van der Waals surface area (Å²) < 4.78 is 0. The fourth-order valence-corrected chi connectivity index (χ4v) is 2.53. The minimum atomic E-state index is 0.534. The number of rotatable bonds is 6. The fourth-order valence-electron chi connectivity index (χ4n) is 1.85. The van der Waals surface area contributed by atoms with Crippen molar-refractivity contribution in [1.82, 2.24) is 10.3 Å². The normalized spacial score (nSPS) is 12.5. The number of thiophene rings is 1. The predicted octanol–water partition coefficient (Wildman–Crippen LogP) is 2.91. The molecule has 1 atom stereocenters. The van der Waals surface area contributed by atoms with Crippen molar-refractivity contribution in [3.63, 3.8) is 0 Å². The number of pyridine rings is 1. The Morgan fingerprint density at radius 1 is 1.24 bits per heavy atom. The van der Waals surface area contributed by atoms with Crippen LogP contribution in [0.25, 0.3) is 0 Å². The lowest BCUT2D eigenvalue weighted by atomic mass is 10.1. The van der Waals surface area contributed by atoms with E-state index >= 15 is 0 Å². The molecule has 0 amide bonds. The molecular weight excluding hydrogens is 228 g/mol. The van der Waals surface area contributed by atoms with Crippen LogP contribution in [0.1, 0.15) is 18.1 Å². The first kappa shape index (κ1) is 12.3. The van der Waals surface area contributed by atoms with Crippen LogP contribution in [0.3, 0.4) is 0 Å². The summed E-state index contributed by atoms with van der Waals surface area (Å²) in [7, 11) is 0. The highest BCUT2D eigenvalue weighted by atomic mass is 32.1. The molecule has 2 aromatic heterocycles. The maximum absolute atomic E-state index is 4.02. The average Bonchev–Trinajstić information content (AvgIpc) is 2.83. The van der Waals surface area contributed by atoms with Crippen LogP contribution in [0.5, 0.6) is 0 Å². The molecule has 1 N–H and O–H groups in total. The number of hydrogen-bond donors (Lipinski definition) is 1. The molecular formula is C14H18N2S. The maximum atomic E-state index is 4.02. The van der Waals surface area contributed by atoms with E-state index in [4.69, 9.17) is 0 Å². The zero-order valence-corrected chi connectivity index (χ0v) is 10.9. The van der Waals surface area contributed by atoms with Gasteiger partial charge in [0.25, 0.3) is 0 Å². The molecule has 0 spiro atoms. The molecule has 1 unspecified atom stereocenters. The van der Waals surface area contributed by atoms with E-state index in [1.54, 1.807) is 11.3 Å². The second-order valence-corrected chi connectivity index (χ2v) is 5.08. The molecule has 0 saturated heterocycles. The molecule has 0 fully saturated rings. The van der Waals surface area contributed by atoms with Crippen LogP contribution >= 0.6 is 11.3 Å². The summed E-state index contributed by atoms with van der Waals surface area (Å²) in [4.78, 5) is 4.02. The highest BCUT2D eigenvalue weighted by Crippen LogP contribution is 2.08. The van der Waals surface area contributed by atoms with Crippen molar-refractivity contribution in [3.05, 3.63) is 52.5 Å². The van der Waals surface area contributed by atoms with Gasteiger partial charge in [0.05, 0.1) is 0 Å². The third kappa shape index (κ3) is 4.29. The van der Waals surface area contributed by atoms with Gasteiger partial charge in [0.2, 0.25) is 0 Å². The predicted molar refractivity (Wildman–Crippen MR) is 73.4 cm³/mol. The van der Waals surface area contributed by atoms with Gasteiger partial charge in [0.15, 0.2) is 0 Å². The lowest BCUT2D eigenvalue weighted by Crippen LogP contribution is -2.29. The molecule has 0 saturated carbocycles. The van der Waals surface area contributed by atoms with Gasteiger partial charge in [-0.3, -0.25) is 4.98 Å². The van der Waals surface area contributed by atoms with Crippen LogP contribution in [-0.2, 0) is 12.8 Å². The third-order valence-corrected chi connectivity index (χ3v) is 3.51. The Labute approximate surface area is 107 Å². The Morgan fingerprint density at radius 2 is 2.06 bits per heavy atom. The number of aromatic nitrogens is 1. The lowest BCUT2D eigenvalue weighted by Gasteiger charge is -2.12. The molecule has 90 valence electrons. The quantitative estimate of drug-likeness (QED) is 0.847. The zero-order valence-electron chi connectivity index (χ0n) is 10.1. The average molecular weight is 246 g/mol. The Bertz CT molecular complexity index is 411. The Hall–Kier alpha value is -1.19. The minimum Gasteiger partial charge on any atom is -0.314 e. The van der Waals surface area contributed by atoms with Gasteiger partial charge in [0, 0.05) is 18.4 Å². The summed E-state index contributed by atoms with van der Waals surface area (Å²) in [6.07, 6.45) is 5.88. The van der Waals surface area contributed by atoms with E-state index in [-0.39, 0.29) is 0 Å². The summed E-state index contributed by atoms with van der Waals surface area (Å²) in [5.74, 6) is 0. The first-order valence-electron chi connectivity index (χ1n) is 5.98. The second-order valence-electron chi connectivity index (χ2n) is 4.30. The van der Waals surface area contributed by atoms with Gasteiger partial charge in [0.1, 0.15) is 0 Å². The summed E-state index contributed by atoms with van der Waals surface area (Å²) in [6.45, 7) is 3.26. The Morgan fingerprint density at radius 3 is 2.76 bits per heavy atom. The molecule has 0 radical (unpaired) electrons. The van der Waals surface area contributed by atoms with Crippen LogP contribution in [0.4, 0.5) is 0 Å². The van der Waals surface area contributed by atoms with Crippen molar-refractivity contribution < 1.29 is 0 Å². The van der Waals surface area contributed by atoms with Crippen LogP contribution in [-0.4, -0.2) is 17.6 Å². The Balaban J connectivity index is 1.68. The highest BCUT2D eigenvalue weighted by molar-refractivity contribution is 7.07. The van der Waals surface area contributed by atoms with E-state index in [0.717, 1.165) is 19.4 Å². The van der Waals surface area contributed by atoms with Crippen LogP contribution < -0.4 is 5.32 Å². The minimum absolute atomic E-state index is 0.534. The molecule has 0 aliphatic rings. The molecule has 2 heterocycles. The van der Waals surface area contributed by atoms with E-state index in [2.05, 4.69) is 46.2 Å². The van der Waals surface area contributed by atoms with Gasteiger partial charge in [-0.25, -0.2) is 0 Å². The van der Waals surface area contributed by atoms with Crippen molar-refractivity contribution in [2.24, 2.45) is 0 Å². The summed E-state index contributed by atoms with van der Waals surface area (Å²) in [5, 5.41) is 7.91. The monoisotopic (exact) mass is 246 g/mol. The first-order chi connectivity index (χ1) is 8.34. The van der Waals surface area contributed by atoms with E-state index in [9.17, 15) is 0 Å². The van der Waals surface area contributed by atoms with E-state index in [1.807, 2.05) is 12.4 Å². The summed E-state index contributed by atoms with van der Waals surface area (Å²) in [5.41, 5.74) is 2.77. The van der Waals surface area contributed by atoms with Crippen molar-refractivity contribution in [2.45, 2.75) is 25.8 Å². The first-order valence-corrected chi connectivity index (χ1v) is 6.92. The van der Waals surface area contributed by atoms with Crippen molar-refractivity contribution >= 4 is 11.3 Å². The molecule has 2 rings (SSSR count). The molecule has 0 aliphatic carbocycles. The third-order valence-electron chi connectivity index (χ3n) is 2.78. The van der Waals surface area contributed by atoms with Crippen molar-refractivity contribution in [1.29, 1.82) is 0 Å². The maximum Gasteiger partial charge on any atom is 0.0270 e. The second kappa shape index (κ2) is 6.52. The highest BCUT2D eigenvalue weighted by Gasteiger charge is 2.02. The molecule has 0 aliphatic heterocycles. The topological polar surface area (TPSA) is 24.9 Å². The van der Waals surface area contributed by atoms with E-state index in [1.165, 1.54) is 11.1 Å². The van der Waals surface area contributed by atoms with Crippen LogP contribution in [0.15, 0.2) is 41.4 Å². The molecule has 3 heteroatoms. The van der Waals surface area contributed by atoms with Crippen molar-refractivity contribution in [2.75, 3.05) is 6.54 Å². The van der Waals surface area contributed by atoms with Gasteiger partial charge < -0.3 is 5.32 Å². The molecule has 0 aromatic carbocycles. The Kier molecular flexibility index (Phi) is 4.71. The number of nitrogens with zero attached hydrogens (tertiary/aromatic N) is 1. The summed E-state index contributed by atoms with van der Waals surface area (Å²) in [6, 6.07) is 6.88. The molecule has 17 heavy (non-hydrogen) atoms. The van der Waals surface area contributed by atoms with Gasteiger partial charge in [-0.2, -0.15) is 11.3 Å². The number of nitrogens with one attached hydrogen (secondary N) is 1. The van der Waals surface area contributed by atoms with Gasteiger partial charge in [-0.05, 0) is 66.4 Å².